The average molecular weight is 314 g/mol. The Morgan fingerprint density at radius 3 is 2.91 bits per heavy atom. The van der Waals surface area contributed by atoms with Crippen LogP contribution in [0.3, 0.4) is 0 Å². The molecule has 3 rings (SSSR count). The molecule has 1 aliphatic heterocycles. The molecule has 1 aliphatic rings. The Kier molecular flexibility index (Phi) is 4.92. The largest absolute Gasteiger partial charge is 0.497 e. The van der Waals surface area contributed by atoms with E-state index in [0.29, 0.717) is 18.2 Å². The zero-order valence-electron chi connectivity index (χ0n) is 13.3. The molecule has 23 heavy (non-hydrogen) atoms. The predicted octanol–water partition coefficient (Wildman–Crippen LogP) is 1.61. The van der Waals surface area contributed by atoms with Gasteiger partial charge < -0.3 is 15.4 Å². The number of carbonyl (C=O) groups excluding carboxylic acids is 1. The highest BCUT2D eigenvalue weighted by Gasteiger charge is 2.15. The van der Waals surface area contributed by atoms with Gasteiger partial charge in [0.05, 0.1) is 12.8 Å². The summed E-state index contributed by atoms with van der Waals surface area (Å²) in [6.07, 6.45) is 4.00. The lowest BCUT2D eigenvalue weighted by Gasteiger charge is -2.08. The Morgan fingerprint density at radius 2 is 2.22 bits per heavy atom. The van der Waals surface area contributed by atoms with E-state index in [1.165, 1.54) is 6.42 Å². The molecule has 0 aliphatic carbocycles. The third-order valence-corrected chi connectivity index (χ3v) is 4.16. The molecule has 6 nitrogen and oxygen atoms in total. The molecule has 0 radical (unpaired) electrons. The van der Waals surface area contributed by atoms with Gasteiger partial charge in [-0.15, -0.1) is 0 Å². The SMILES string of the molecule is COc1ccc(-n2ccc(C(=O)NCCC3CCNC3)n2)cc1. The van der Waals surface area contributed by atoms with Crippen molar-refractivity contribution in [1.82, 2.24) is 20.4 Å². The van der Waals surface area contributed by atoms with Gasteiger partial charge in [0.15, 0.2) is 5.69 Å². The molecule has 1 atom stereocenters. The molecule has 1 fully saturated rings. The number of methoxy groups -OCH3 is 1. The molecule has 0 spiro atoms. The summed E-state index contributed by atoms with van der Waals surface area (Å²) in [6.45, 7) is 2.84. The van der Waals surface area contributed by atoms with Gasteiger partial charge in [-0.2, -0.15) is 5.10 Å². The van der Waals surface area contributed by atoms with E-state index in [0.717, 1.165) is 30.9 Å². The lowest BCUT2D eigenvalue weighted by atomic mass is 10.1. The Hall–Kier alpha value is -2.34. The Bertz CT molecular complexity index is 645. The number of nitrogens with one attached hydrogen (secondary N) is 2. The van der Waals surface area contributed by atoms with Crippen LogP contribution in [0.4, 0.5) is 0 Å². The van der Waals surface area contributed by atoms with Crippen molar-refractivity contribution in [2.24, 2.45) is 5.92 Å². The summed E-state index contributed by atoms with van der Waals surface area (Å²) in [7, 11) is 1.63. The first-order valence-electron chi connectivity index (χ1n) is 7.95. The van der Waals surface area contributed by atoms with Gasteiger partial charge in [-0.3, -0.25) is 4.79 Å². The van der Waals surface area contributed by atoms with E-state index in [1.807, 2.05) is 24.3 Å². The van der Waals surface area contributed by atoms with Crippen LogP contribution < -0.4 is 15.4 Å². The highest BCUT2D eigenvalue weighted by atomic mass is 16.5. The quantitative estimate of drug-likeness (QED) is 0.850. The fourth-order valence-electron chi connectivity index (χ4n) is 2.77. The van der Waals surface area contributed by atoms with Gasteiger partial charge in [0.25, 0.3) is 5.91 Å². The number of hydrogen-bond donors (Lipinski definition) is 2. The van der Waals surface area contributed by atoms with Gasteiger partial charge in [-0.05, 0) is 62.2 Å². The summed E-state index contributed by atoms with van der Waals surface area (Å²) in [4.78, 5) is 12.1. The van der Waals surface area contributed by atoms with Crippen LogP contribution in [0.1, 0.15) is 23.3 Å². The summed E-state index contributed by atoms with van der Waals surface area (Å²) in [5.74, 6) is 1.34. The zero-order valence-corrected chi connectivity index (χ0v) is 13.3. The fraction of sp³-hybridized carbons (Fsp3) is 0.412. The van der Waals surface area contributed by atoms with Crippen LogP contribution in [0.25, 0.3) is 5.69 Å². The number of hydrogen-bond acceptors (Lipinski definition) is 4. The van der Waals surface area contributed by atoms with Crippen molar-refractivity contribution in [3.8, 4) is 11.4 Å². The molecule has 1 unspecified atom stereocenters. The van der Waals surface area contributed by atoms with Crippen molar-refractivity contribution in [2.45, 2.75) is 12.8 Å². The molecule has 1 aromatic heterocycles. The second-order valence-electron chi connectivity index (χ2n) is 5.75. The lowest BCUT2D eigenvalue weighted by Crippen LogP contribution is -2.26. The topological polar surface area (TPSA) is 68.2 Å². The molecule has 0 bridgehead atoms. The maximum Gasteiger partial charge on any atom is 0.271 e. The summed E-state index contributed by atoms with van der Waals surface area (Å²) >= 11 is 0. The van der Waals surface area contributed by atoms with E-state index < -0.39 is 0 Å². The number of nitrogens with zero attached hydrogens (tertiary/aromatic N) is 2. The molecule has 2 N–H and O–H groups in total. The number of ether oxygens (including phenoxy) is 1. The van der Waals surface area contributed by atoms with E-state index >= 15 is 0 Å². The van der Waals surface area contributed by atoms with Gasteiger partial charge in [-0.1, -0.05) is 0 Å². The molecule has 0 saturated carbocycles. The van der Waals surface area contributed by atoms with Crippen molar-refractivity contribution in [1.29, 1.82) is 0 Å². The summed E-state index contributed by atoms with van der Waals surface area (Å²) < 4.78 is 6.83. The van der Waals surface area contributed by atoms with E-state index in [2.05, 4.69) is 15.7 Å². The number of benzene rings is 1. The predicted molar refractivity (Wildman–Crippen MR) is 88.0 cm³/mol. The molecule has 1 aromatic carbocycles. The van der Waals surface area contributed by atoms with E-state index in [4.69, 9.17) is 4.74 Å². The van der Waals surface area contributed by atoms with E-state index in [1.54, 1.807) is 24.1 Å². The maximum absolute atomic E-state index is 12.1. The molecular formula is C17H22N4O2. The minimum atomic E-state index is -0.122. The van der Waals surface area contributed by atoms with E-state index in [9.17, 15) is 4.79 Å². The molecule has 2 heterocycles. The number of amides is 1. The Morgan fingerprint density at radius 1 is 1.39 bits per heavy atom. The van der Waals surface area contributed by atoms with Gasteiger partial charge in [0.2, 0.25) is 0 Å². The van der Waals surface area contributed by atoms with Crippen molar-refractivity contribution in [3.63, 3.8) is 0 Å². The smallest absolute Gasteiger partial charge is 0.271 e. The number of aromatic nitrogens is 2. The van der Waals surface area contributed by atoms with Crippen molar-refractivity contribution < 1.29 is 9.53 Å². The highest BCUT2D eigenvalue weighted by molar-refractivity contribution is 5.92. The van der Waals surface area contributed by atoms with Gasteiger partial charge in [0.1, 0.15) is 5.75 Å². The van der Waals surface area contributed by atoms with Crippen LogP contribution in [0.2, 0.25) is 0 Å². The molecular weight excluding hydrogens is 292 g/mol. The Labute approximate surface area is 135 Å². The second kappa shape index (κ2) is 7.28. The third-order valence-electron chi connectivity index (χ3n) is 4.16. The monoisotopic (exact) mass is 314 g/mol. The molecule has 6 heteroatoms. The maximum atomic E-state index is 12.1. The van der Waals surface area contributed by atoms with Crippen LogP contribution in [0.5, 0.6) is 5.75 Å². The molecule has 1 saturated heterocycles. The summed E-state index contributed by atoms with van der Waals surface area (Å²) in [6, 6.07) is 9.27. The van der Waals surface area contributed by atoms with Crippen molar-refractivity contribution >= 4 is 5.91 Å². The van der Waals surface area contributed by atoms with Crippen LogP contribution >= 0.6 is 0 Å². The van der Waals surface area contributed by atoms with Crippen molar-refractivity contribution in [3.05, 3.63) is 42.2 Å². The first kappa shape index (κ1) is 15.6. The van der Waals surface area contributed by atoms with Gasteiger partial charge in [-0.25, -0.2) is 4.68 Å². The number of carbonyl (C=O) groups is 1. The molecule has 122 valence electrons. The summed E-state index contributed by atoms with van der Waals surface area (Å²) in [5.41, 5.74) is 1.33. The summed E-state index contributed by atoms with van der Waals surface area (Å²) in [5, 5.41) is 10.6. The van der Waals surface area contributed by atoms with Gasteiger partial charge in [0, 0.05) is 12.7 Å². The third kappa shape index (κ3) is 3.90. The van der Waals surface area contributed by atoms with E-state index in [-0.39, 0.29) is 5.91 Å². The standard InChI is InChI=1S/C17H22N4O2/c1-23-15-4-2-14(3-5-15)21-11-8-16(20-21)17(22)19-10-7-13-6-9-18-12-13/h2-5,8,11,13,18H,6-7,9-10,12H2,1H3,(H,19,22). The molecule has 1 amide bonds. The lowest BCUT2D eigenvalue weighted by molar-refractivity contribution is 0.0946. The average Bonchev–Trinajstić information content (AvgIpc) is 3.26. The van der Waals surface area contributed by atoms with Crippen LogP contribution in [-0.2, 0) is 0 Å². The first-order valence-corrected chi connectivity index (χ1v) is 7.95. The first-order chi connectivity index (χ1) is 11.3. The van der Waals surface area contributed by atoms with Gasteiger partial charge >= 0.3 is 0 Å². The molecule has 2 aromatic rings. The Balaban J connectivity index is 1.55. The normalized spacial score (nSPS) is 17.2. The fourth-order valence-corrected chi connectivity index (χ4v) is 2.77. The number of rotatable bonds is 6. The second-order valence-corrected chi connectivity index (χ2v) is 5.75. The zero-order chi connectivity index (χ0) is 16.1. The van der Waals surface area contributed by atoms with Crippen LogP contribution in [0.15, 0.2) is 36.5 Å². The van der Waals surface area contributed by atoms with Crippen LogP contribution in [0, 0.1) is 5.92 Å². The minimum Gasteiger partial charge on any atom is -0.497 e. The van der Waals surface area contributed by atoms with Crippen LogP contribution in [-0.4, -0.2) is 42.4 Å². The minimum absolute atomic E-state index is 0.122. The van der Waals surface area contributed by atoms with Crippen molar-refractivity contribution in [2.75, 3.05) is 26.7 Å². The highest BCUT2D eigenvalue weighted by Crippen LogP contribution is 2.15.